The highest BCUT2D eigenvalue weighted by atomic mass is 35.5. The molecule has 0 spiro atoms. The first-order valence-electron chi connectivity index (χ1n) is 9.24. The molecule has 0 aliphatic heterocycles. The van der Waals surface area contributed by atoms with Gasteiger partial charge in [0.15, 0.2) is 0 Å². The number of fused-ring (bicyclic) bond motifs is 1. The van der Waals surface area contributed by atoms with Crippen molar-refractivity contribution in [2.24, 2.45) is 0 Å². The molecule has 0 radical (unpaired) electrons. The van der Waals surface area contributed by atoms with Crippen LogP contribution in [0.3, 0.4) is 0 Å². The molecule has 30 heavy (non-hydrogen) atoms. The van der Waals surface area contributed by atoms with Crippen LogP contribution < -0.4 is 0 Å². The smallest absolute Gasteiger partial charge is 0.342 e. The van der Waals surface area contributed by atoms with Crippen LogP contribution in [0.4, 0.5) is 0 Å². The number of thioether (sulfide) groups is 1. The van der Waals surface area contributed by atoms with Gasteiger partial charge in [-0.25, -0.2) is 4.79 Å². The Kier molecular flexibility index (Phi) is 5.65. The van der Waals surface area contributed by atoms with E-state index in [1.807, 2.05) is 30.5 Å². The molecule has 0 aliphatic carbocycles. The van der Waals surface area contributed by atoms with Crippen LogP contribution in [0.5, 0.6) is 0 Å². The summed E-state index contributed by atoms with van der Waals surface area (Å²) in [6.07, 6.45) is 3.60. The average Bonchev–Trinajstić information content (AvgIpc) is 3.33. The summed E-state index contributed by atoms with van der Waals surface area (Å²) in [6.45, 7) is 4.17. The Labute approximate surface area is 182 Å². The Bertz CT molecular complexity index is 1240. The highest BCUT2D eigenvalue weighted by Gasteiger charge is 2.18. The number of hydrogen-bond donors (Lipinski definition) is 1. The molecule has 0 amide bonds. The van der Waals surface area contributed by atoms with E-state index in [1.54, 1.807) is 30.3 Å². The lowest BCUT2D eigenvalue weighted by atomic mass is 10.1. The summed E-state index contributed by atoms with van der Waals surface area (Å²) in [5.74, 6) is -0.761. The van der Waals surface area contributed by atoms with Gasteiger partial charge in [-0.1, -0.05) is 29.8 Å². The van der Waals surface area contributed by atoms with Crippen molar-refractivity contribution in [2.75, 3.05) is 0 Å². The fourth-order valence-electron chi connectivity index (χ4n) is 3.10. The molecule has 0 saturated heterocycles. The van der Waals surface area contributed by atoms with Gasteiger partial charge in [-0.3, -0.25) is 0 Å². The minimum atomic E-state index is -1.06. The summed E-state index contributed by atoms with van der Waals surface area (Å²) in [5.41, 5.74) is 2.58. The molecule has 0 saturated carbocycles. The van der Waals surface area contributed by atoms with Crippen molar-refractivity contribution in [3.05, 3.63) is 70.2 Å². The molecular formula is C22H18ClN3O3S. The van der Waals surface area contributed by atoms with Gasteiger partial charge in [0.2, 0.25) is 5.89 Å². The van der Waals surface area contributed by atoms with Crippen molar-refractivity contribution >= 4 is 46.3 Å². The number of aromatic nitrogens is 3. The van der Waals surface area contributed by atoms with Gasteiger partial charge in [-0.15, -0.1) is 10.2 Å². The van der Waals surface area contributed by atoms with Gasteiger partial charge >= 0.3 is 5.97 Å². The fraction of sp³-hybridized carbons (Fsp3) is 0.136. The van der Waals surface area contributed by atoms with Crippen molar-refractivity contribution < 1.29 is 14.3 Å². The van der Waals surface area contributed by atoms with Crippen molar-refractivity contribution in [2.45, 2.75) is 25.1 Å². The molecule has 152 valence electrons. The maximum absolute atomic E-state index is 11.9. The van der Waals surface area contributed by atoms with Crippen molar-refractivity contribution in [1.29, 1.82) is 0 Å². The third-order valence-corrected chi connectivity index (χ3v) is 5.62. The molecule has 6 nitrogen and oxygen atoms in total. The molecule has 4 aromatic rings. The minimum Gasteiger partial charge on any atom is -0.477 e. The second-order valence-electron chi connectivity index (χ2n) is 6.90. The van der Waals surface area contributed by atoms with Gasteiger partial charge in [-0.05, 0) is 62.0 Å². The van der Waals surface area contributed by atoms with Crippen LogP contribution in [0.15, 0.2) is 69.3 Å². The maximum atomic E-state index is 11.9. The van der Waals surface area contributed by atoms with Gasteiger partial charge < -0.3 is 14.1 Å². The van der Waals surface area contributed by atoms with Crippen LogP contribution in [0.25, 0.3) is 28.4 Å². The first-order chi connectivity index (χ1) is 14.4. The Morgan fingerprint density at radius 1 is 1.17 bits per heavy atom. The van der Waals surface area contributed by atoms with Gasteiger partial charge in [0.25, 0.3) is 5.22 Å². The predicted octanol–water partition coefficient (Wildman–Crippen LogP) is 6.14. The van der Waals surface area contributed by atoms with E-state index in [2.05, 4.69) is 28.6 Å². The third kappa shape index (κ3) is 4.13. The highest BCUT2D eigenvalue weighted by Crippen LogP contribution is 2.33. The van der Waals surface area contributed by atoms with Crippen LogP contribution >= 0.6 is 23.4 Å². The Morgan fingerprint density at radius 2 is 1.90 bits per heavy atom. The van der Waals surface area contributed by atoms with Gasteiger partial charge in [0.05, 0.1) is 0 Å². The van der Waals surface area contributed by atoms with E-state index >= 15 is 0 Å². The number of rotatable bonds is 6. The number of hydrogen-bond acceptors (Lipinski definition) is 5. The van der Waals surface area contributed by atoms with E-state index in [0.717, 1.165) is 28.2 Å². The fourth-order valence-corrected chi connectivity index (χ4v) is 3.89. The normalized spacial score (nSPS) is 12.1. The summed E-state index contributed by atoms with van der Waals surface area (Å²) < 4.78 is 7.77. The highest BCUT2D eigenvalue weighted by molar-refractivity contribution is 8.03. The molecule has 0 fully saturated rings. The van der Waals surface area contributed by atoms with E-state index < -0.39 is 5.97 Å². The number of para-hydroxylation sites is 1. The molecule has 2 heterocycles. The number of nitrogens with zero attached hydrogens (tertiary/aromatic N) is 3. The van der Waals surface area contributed by atoms with E-state index in [0.29, 0.717) is 16.5 Å². The summed E-state index contributed by atoms with van der Waals surface area (Å²) in [4.78, 5) is 12.0. The number of carboxylic acid groups (broad SMARTS) is 1. The van der Waals surface area contributed by atoms with Crippen LogP contribution in [-0.2, 0) is 4.79 Å². The summed E-state index contributed by atoms with van der Waals surface area (Å²) in [5, 5.41) is 19.5. The zero-order valence-corrected chi connectivity index (χ0v) is 17.8. The van der Waals surface area contributed by atoms with Crippen molar-refractivity contribution in [1.82, 2.24) is 14.8 Å². The van der Waals surface area contributed by atoms with Crippen LogP contribution in [0.2, 0.25) is 5.02 Å². The van der Waals surface area contributed by atoms with E-state index in [1.165, 1.54) is 0 Å². The van der Waals surface area contributed by atoms with E-state index in [-0.39, 0.29) is 16.2 Å². The van der Waals surface area contributed by atoms with Crippen molar-refractivity contribution in [3.8, 4) is 11.5 Å². The van der Waals surface area contributed by atoms with Gasteiger partial charge in [0.1, 0.15) is 4.91 Å². The molecule has 8 heteroatoms. The Morgan fingerprint density at radius 3 is 2.60 bits per heavy atom. The zero-order chi connectivity index (χ0) is 21.3. The molecule has 0 unspecified atom stereocenters. The molecular weight excluding hydrogens is 422 g/mol. The number of aliphatic carboxylic acids is 1. The first kappa shape index (κ1) is 20.3. The Balaban J connectivity index is 1.67. The monoisotopic (exact) mass is 439 g/mol. The summed E-state index contributed by atoms with van der Waals surface area (Å²) in [6, 6.07) is 15.1. The lowest BCUT2D eigenvalue weighted by Gasteiger charge is -2.08. The van der Waals surface area contributed by atoms with Gasteiger partial charge in [0, 0.05) is 39.3 Å². The first-order valence-corrected chi connectivity index (χ1v) is 10.4. The largest absolute Gasteiger partial charge is 0.477 e. The van der Waals surface area contributed by atoms with E-state index in [9.17, 15) is 9.90 Å². The minimum absolute atomic E-state index is 0.0907. The third-order valence-electron chi connectivity index (χ3n) is 4.52. The quantitative estimate of drug-likeness (QED) is 0.287. The second-order valence-corrected chi connectivity index (χ2v) is 8.33. The van der Waals surface area contributed by atoms with Crippen LogP contribution in [0.1, 0.15) is 25.5 Å². The molecule has 0 atom stereocenters. The van der Waals surface area contributed by atoms with Crippen molar-refractivity contribution in [3.63, 3.8) is 0 Å². The number of benzene rings is 2. The zero-order valence-electron chi connectivity index (χ0n) is 16.2. The maximum Gasteiger partial charge on any atom is 0.342 e. The SMILES string of the molecule is CC(C)n1cc(/C=C(\Sc2nnc(-c3ccc(Cl)cc3)o2)C(=O)O)c2ccccc21. The molecule has 0 bridgehead atoms. The lowest BCUT2D eigenvalue weighted by Crippen LogP contribution is -1.98. The second kappa shape index (κ2) is 8.38. The van der Waals surface area contributed by atoms with Gasteiger partial charge in [-0.2, -0.15) is 0 Å². The van der Waals surface area contributed by atoms with E-state index in [4.69, 9.17) is 16.0 Å². The molecule has 1 N–H and O–H groups in total. The summed E-state index contributed by atoms with van der Waals surface area (Å²) in [7, 11) is 0. The topological polar surface area (TPSA) is 81.2 Å². The number of carboxylic acids is 1. The average molecular weight is 440 g/mol. The molecule has 4 rings (SSSR count). The predicted molar refractivity (Wildman–Crippen MR) is 119 cm³/mol. The van der Waals surface area contributed by atoms with Crippen LogP contribution in [0, 0.1) is 0 Å². The molecule has 0 aliphatic rings. The van der Waals surface area contributed by atoms with Crippen LogP contribution in [-0.4, -0.2) is 25.8 Å². The standard InChI is InChI=1S/C22H18ClN3O3S/c1-13(2)26-12-15(17-5-3-4-6-18(17)26)11-19(21(27)28)30-22-25-24-20(29-22)14-7-9-16(23)10-8-14/h3-13H,1-2H3,(H,27,28)/b19-11-. The summed E-state index contributed by atoms with van der Waals surface area (Å²) >= 11 is 6.82. The molecule has 2 aromatic heterocycles. The molecule has 2 aromatic carbocycles. The lowest BCUT2D eigenvalue weighted by molar-refractivity contribution is -0.131. The number of carbonyl (C=O) groups is 1. The Hall–Kier alpha value is -3.03. The number of halogens is 1.